The highest BCUT2D eigenvalue weighted by Gasteiger charge is 2.07. The van der Waals surface area contributed by atoms with Gasteiger partial charge in [-0.2, -0.15) is 0 Å². The lowest BCUT2D eigenvalue weighted by atomic mass is 10.0. The molecule has 2 aromatic carbocycles. The maximum Gasteiger partial charge on any atom is 0.308 e. The Bertz CT molecular complexity index is 610. The number of hydrogen-bond donors (Lipinski definition) is 0. The van der Waals surface area contributed by atoms with Gasteiger partial charge in [-0.3, -0.25) is 9.59 Å². The molecule has 0 bridgehead atoms. The molecule has 0 amide bonds. The van der Waals surface area contributed by atoms with Crippen molar-refractivity contribution in [3.8, 4) is 5.75 Å². The molecule has 3 heteroatoms. The summed E-state index contributed by atoms with van der Waals surface area (Å²) < 4.78 is 4.95. The quantitative estimate of drug-likeness (QED) is 0.485. The van der Waals surface area contributed by atoms with Gasteiger partial charge in [-0.25, -0.2) is 0 Å². The van der Waals surface area contributed by atoms with Crippen molar-refractivity contribution in [2.75, 3.05) is 0 Å². The van der Waals surface area contributed by atoms with Crippen molar-refractivity contribution >= 4 is 11.8 Å². The van der Waals surface area contributed by atoms with E-state index in [1.807, 2.05) is 31.2 Å². The van der Waals surface area contributed by atoms with Crippen LogP contribution in [0.5, 0.6) is 5.75 Å². The first-order chi connectivity index (χ1) is 9.54. The molecule has 2 rings (SSSR count). The summed E-state index contributed by atoms with van der Waals surface area (Å²) in [6.07, 6.45) is 0.337. The Kier molecular flexibility index (Phi) is 4.31. The summed E-state index contributed by atoms with van der Waals surface area (Å²) in [6.45, 7) is 3.34. The fourth-order valence-electron chi connectivity index (χ4n) is 1.87. The third-order valence-electron chi connectivity index (χ3n) is 2.92. The summed E-state index contributed by atoms with van der Waals surface area (Å²) in [5, 5.41) is 0. The van der Waals surface area contributed by atoms with E-state index in [4.69, 9.17) is 4.74 Å². The Hall–Kier alpha value is -2.42. The SMILES string of the molecule is CC(=O)Oc1ccc(CC(=O)c2ccc(C)cc2)cc1. The largest absolute Gasteiger partial charge is 0.427 e. The highest BCUT2D eigenvalue weighted by Crippen LogP contribution is 2.14. The van der Waals surface area contributed by atoms with Crippen LogP contribution in [0.15, 0.2) is 48.5 Å². The summed E-state index contributed by atoms with van der Waals surface area (Å²) in [7, 11) is 0. The van der Waals surface area contributed by atoms with Crippen molar-refractivity contribution in [2.24, 2.45) is 0 Å². The number of esters is 1. The Morgan fingerprint density at radius 2 is 1.55 bits per heavy atom. The van der Waals surface area contributed by atoms with Gasteiger partial charge in [0.1, 0.15) is 5.75 Å². The maximum atomic E-state index is 12.1. The van der Waals surface area contributed by atoms with Crippen LogP contribution in [0, 0.1) is 6.92 Å². The van der Waals surface area contributed by atoms with E-state index in [9.17, 15) is 9.59 Å². The zero-order valence-electron chi connectivity index (χ0n) is 11.6. The molecule has 0 spiro atoms. The average molecular weight is 268 g/mol. The lowest BCUT2D eigenvalue weighted by Crippen LogP contribution is -2.04. The molecule has 0 aromatic heterocycles. The van der Waals surface area contributed by atoms with Gasteiger partial charge in [0.2, 0.25) is 0 Å². The van der Waals surface area contributed by atoms with E-state index >= 15 is 0 Å². The highest BCUT2D eigenvalue weighted by atomic mass is 16.5. The van der Waals surface area contributed by atoms with Crippen LogP contribution < -0.4 is 4.74 Å². The number of Topliss-reactive ketones (excluding diaryl/α,β-unsaturated/α-hetero) is 1. The molecular weight excluding hydrogens is 252 g/mol. The zero-order valence-corrected chi connectivity index (χ0v) is 11.6. The molecule has 20 heavy (non-hydrogen) atoms. The van der Waals surface area contributed by atoms with Crippen molar-refractivity contribution in [2.45, 2.75) is 20.3 Å². The Balaban J connectivity index is 2.04. The van der Waals surface area contributed by atoms with Crippen LogP contribution in [0.1, 0.15) is 28.4 Å². The van der Waals surface area contributed by atoms with Crippen LogP contribution in [0.2, 0.25) is 0 Å². The van der Waals surface area contributed by atoms with E-state index in [1.165, 1.54) is 6.92 Å². The predicted molar refractivity (Wildman–Crippen MR) is 77.0 cm³/mol. The van der Waals surface area contributed by atoms with Gasteiger partial charge in [0.25, 0.3) is 0 Å². The van der Waals surface area contributed by atoms with Gasteiger partial charge in [0.05, 0.1) is 0 Å². The Labute approximate surface area is 118 Å². The minimum absolute atomic E-state index is 0.0743. The minimum Gasteiger partial charge on any atom is -0.427 e. The lowest BCUT2D eigenvalue weighted by Gasteiger charge is -2.04. The number of benzene rings is 2. The minimum atomic E-state index is -0.353. The van der Waals surface area contributed by atoms with Crippen LogP contribution in [-0.2, 0) is 11.2 Å². The van der Waals surface area contributed by atoms with E-state index in [0.29, 0.717) is 17.7 Å². The molecule has 0 aliphatic heterocycles. The number of aryl methyl sites for hydroxylation is 1. The van der Waals surface area contributed by atoms with Gasteiger partial charge >= 0.3 is 5.97 Å². The standard InChI is InChI=1S/C17H16O3/c1-12-3-7-15(8-4-12)17(19)11-14-5-9-16(10-6-14)20-13(2)18/h3-10H,11H2,1-2H3. The van der Waals surface area contributed by atoms with Crippen LogP contribution >= 0.6 is 0 Å². The monoisotopic (exact) mass is 268 g/mol. The van der Waals surface area contributed by atoms with Gasteiger partial charge in [0.15, 0.2) is 5.78 Å². The molecular formula is C17H16O3. The van der Waals surface area contributed by atoms with Gasteiger partial charge in [0, 0.05) is 18.9 Å². The second kappa shape index (κ2) is 6.15. The number of carbonyl (C=O) groups excluding carboxylic acids is 2. The Morgan fingerprint density at radius 1 is 0.950 bits per heavy atom. The smallest absolute Gasteiger partial charge is 0.308 e. The summed E-state index contributed by atoms with van der Waals surface area (Å²) in [5.74, 6) is 0.211. The second-order valence-electron chi connectivity index (χ2n) is 4.70. The molecule has 0 saturated carbocycles. The maximum absolute atomic E-state index is 12.1. The van der Waals surface area contributed by atoms with Gasteiger partial charge < -0.3 is 4.74 Å². The third kappa shape index (κ3) is 3.79. The molecule has 0 unspecified atom stereocenters. The summed E-state index contributed by atoms with van der Waals surface area (Å²) in [4.78, 5) is 22.9. The normalized spacial score (nSPS) is 10.1. The molecule has 0 aliphatic carbocycles. The molecule has 2 aromatic rings. The topological polar surface area (TPSA) is 43.4 Å². The molecule has 0 atom stereocenters. The Morgan fingerprint density at radius 3 is 2.10 bits per heavy atom. The van der Waals surface area contributed by atoms with E-state index in [1.54, 1.807) is 24.3 Å². The first-order valence-electron chi connectivity index (χ1n) is 6.42. The van der Waals surface area contributed by atoms with Crippen molar-refractivity contribution in [3.63, 3.8) is 0 Å². The number of rotatable bonds is 4. The third-order valence-corrected chi connectivity index (χ3v) is 2.92. The molecule has 3 nitrogen and oxygen atoms in total. The van der Waals surface area contributed by atoms with Gasteiger partial charge in [-0.1, -0.05) is 42.0 Å². The zero-order chi connectivity index (χ0) is 14.5. The molecule has 0 saturated heterocycles. The van der Waals surface area contributed by atoms with E-state index < -0.39 is 0 Å². The number of ether oxygens (including phenoxy) is 1. The van der Waals surface area contributed by atoms with Crippen LogP contribution in [0.3, 0.4) is 0 Å². The van der Waals surface area contributed by atoms with E-state index in [-0.39, 0.29) is 11.8 Å². The molecule has 102 valence electrons. The van der Waals surface area contributed by atoms with Crippen LogP contribution in [0.25, 0.3) is 0 Å². The summed E-state index contributed by atoms with van der Waals surface area (Å²) >= 11 is 0. The molecule has 0 aliphatic rings. The molecule has 0 N–H and O–H groups in total. The number of carbonyl (C=O) groups is 2. The number of hydrogen-bond acceptors (Lipinski definition) is 3. The van der Waals surface area contributed by atoms with Crippen molar-refractivity contribution in [3.05, 3.63) is 65.2 Å². The van der Waals surface area contributed by atoms with Crippen molar-refractivity contribution in [1.82, 2.24) is 0 Å². The van der Waals surface area contributed by atoms with Gasteiger partial charge in [-0.05, 0) is 24.6 Å². The van der Waals surface area contributed by atoms with Gasteiger partial charge in [-0.15, -0.1) is 0 Å². The fraction of sp³-hybridized carbons (Fsp3) is 0.176. The lowest BCUT2D eigenvalue weighted by molar-refractivity contribution is -0.131. The van der Waals surface area contributed by atoms with E-state index in [2.05, 4.69) is 0 Å². The molecule has 0 radical (unpaired) electrons. The predicted octanol–water partition coefficient (Wildman–Crippen LogP) is 3.35. The second-order valence-corrected chi connectivity index (χ2v) is 4.70. The average Bonchev–Trinajstić information content (AvgIpc) is 2.41. The first kappa shape index (κ1) is 14.0. The number of ketones is 1. The summed E-state index contributed by atoms with van der Waals surface area (Å²) in [6, 6.07) is 14.5. The molecule has 0 fully saturated rings. The van der Waals surface area contributed by atoms with Crippen LogP contribution in [0.4, 0.5) is 0 Å². The summed E-state index contributed by atoms with van der Waals surface area (Å²) in [5.41, 5.74) is 2.73. The fourth-order valence-corrected chi connectivity index (χ4v) is 1.87. The van der Waals surface area contributed by atoms with Crippen LogP contribution in [-0.4, -0.2) is 11.8 Å². The van der Waals surface area contributed by atoms with Crippen molar-refractivity contribution < 1.29 is 14.3 Å². The first-order valence-corrected chi connectivity index (χ1v) is 6.42. The highest BCUT2D eigenvalue weighted by molar-refractivity contribution is 5.97. The van der Waals surface area contributed by atoms with E-state index in [0.717, 1.165) is 11.1 Å². The molecule has 0 heterocycles. The van der Waals surface area contributed by atoms with Crippen molar-refractivity contribution in [1.29, 1.82) is 0 Å².